The van der Waals surface area contributed by atoms with Crippen LogP contribution in [0.4, 0.5) is 0 Å². The quantitative estimate of drug-likeness (QED) is 0.704. The second-order valence-electron chi connectivity index (χ2n) is 5.43. The van der Waals surface area contributed by atoms with Crippen LogP contribution in [-0.2, 0) is 4.79 Å². The molecule has 0 aromatic heterocycles. The Kier molecular flexibility index (Phi) is 8.02. The Morgan fingerprint density at radius 1 is 1.42 bits per heavy atom. The van der Waals surface area contributed by atoms with E-state index in [0.717, 1.165) is 32.5 Å². The van der Waals surface area contributed by atoms with Crippen molar-refractivity contribution in [2.45, 2.75) is 44.6 Å². The van der Waals surface area contributed by atoms with Gasteiger partial charge in [0.05, 0.1) is 6.61 Å². The minimum Gasteiger partial charge on any atom is -0.395 e. The van der Waals surface area contributed by atoms with Crippen LogP contribution in [0, 0.1) is 0 Å². The molecule has 3 N–H and O–H groups in total. The largest absolute Gasteiger partial charge is 0.395 e. The van der Waals surface area contributed by atoms with Gasteiger partial charge in [-0.2, -0.15) is 0 Å². The molecule has 0 aromatic carbocycles. The van der Waals surface area contributed by atoms with Crippen LogP contribution in [0.15, 0.2) is 0 Å². The van der Waals surface area contributed by atoms with Crippen molar-refractivity contribution in [3.05, 3.63) is 0 Å². The van der Waals surface area contributed by atoms with E-state index in [2.05, 4.69) is 4.90 Å². The minimum absolute atomic E-state index is 0.175. The Balaban J connectivity index is 2.34. The van der Waals surface area contributed by atoms with Gasteiger partial charge in [0, 0.05) is 32.6 Å². The second kappa shape index (κ2) is 9.28. The number of amides is 1. The molecule has 112 valence electrons. The van der Waals surface area contributed by atoms with Crippen molar-refractivity contribution >= 4 is 5.91 Å². The van der Waals surface area contributed by atoms with Crippen molar-refractivity contribution in [3.63, 3.8) is 0 Å². The van der Waals surface area contributed by atoms with Gasteiger partial charge in [-0.3, -0.25) is 9.69 Å². The van der Waals surface area contributed by atoms with Gasteiger partial charge in [0.15, 0.2) is 0 Å². The summed E-state index contributed by atoms with van der Waals surface area (Å²) in [5.41, 5.74) is 5.45. The van der Waals surface area contributed by atoms with Gasteiger partial charge in [0.1, 0.15) is 0 Å². The van der Waals surface area contributed by atoms with Crippen molar-refractivity contribution in [2.24, 2.45) is 5.73 Å². The van der Waals surface area contributed by atoms with E-state index in [1.807, 2.05) is 7.05 Å². The van der Waals surface area contributed by atoms with E-state index in [4.69, 9.17) is 5.73 Å². The zero-order chi connectivity index (χ0) is 14.1. The first-order chi connectivity index (χ1) is 9.19. The lowest BCUT2D eigenvalue weighted by atomic mass is 10.1. The van der Waals surface area contributed by atoms with Gasteiger partial charge < -0.3 is 15.7 Å². The summed E-state index contributed by atoms with van der Waals surface area (Å²) >= 11 is 0. The normalized spacial score (nSPS) is 21.1. The van der Waals surface area contributed by atoms with Crippen LogP contribution in [-0.4, -0.2) is 66.7 Å². The Hall–Kier alpha value is -0.650. The Labute approximate surface area is 116 Å². The summed E-state index contributed by atoms with van der Waals surface area (Å²) in [6.45, 7) is 3.33. The van der Waals surface area contributed by atoms with Crippen molar-refractivity contribution in [1.29, 1.82) is 0 Å². The number of nitrogens with zero attached hydrogens (tertiary/aromatic N) is 2. The highest BCUT2D eigenvalue weighted by Crippen LogP contribution is 2.16. The summed E-state index contributed by atoms with van der Waals surface area (Å²) in [6, 6.07) is 0.240. The average molecular weight is 271 g/mol. The molecule has 1 atom stereocenters. The molecule has 5 nitrogen and oxygen atoms in total. The molecule has 0 spiro atoms. The van der Waals surface area contributed by atoms with E-state index in [-0.39, 0.29) is 18.6 Å². The lowest BCUT2D eigenvalue weighted by Crippen LogP contribution is -2.40. The van der Waals surface area contributed by atoms with E-state index in [1.165, 1.54) is 19.3 Å². The summed E-state index contributed by atoms with van der Waals surface area (Å²) in [6.07, 6.45) is 6.04. The molecule has 1 aliphatic rings. The zero-order valence-corrected chi connectivity index (χ0v) is 12.2. The van der Waals surface area contributed by atoms with Gasteiger partial charge >= 0.3 is 0 Å². The van der Waals surface area contributed by atoms with Crippen LogP contribution in [0.5, 0.6) is 0 Å². The summed E-state index contributed by atoms with van der Waals surface area (Å²) in [4.78, 5) is 16.0. The lowest BCUT2D eigenvalue weighted by molar-refractivity contribution is -0.130. The number of hydrogen-bond acceptors (Lipinski definition) is 4. The molecule has 5 heteroatoms. The number of likely N-dealkylation sites (tertiary alicyclic amines) is 1. The Bertz CT molecular complexity index is 261. The maximum Gasteiger partial charge on any atom is 0.223 e. The highest BCUT2D eigenvalue weighted by Gasteiger charge is 2.21. The lowest BCUT2D eigenvalue weighted by Gasteiger charge is -2.28. The molecule has 1 saturated heterocycles. The van der Waals surface area contributed by atoms with Gasteiger partial charge in [-0.1, -0.05) is 12.8 Å². The molecule has 0 radical (unpaired) electrons. The molecule has 1 fully saturated rings. The topological polar surface area (TPSA) is 69.8 Å². The maximum absolute atomic E-state index is 12.0. The molecule has 1 rings (SSSR count). The number of hydrogen-bond donors (Lipinski definition) is 2. The number of nitrogens with two attached hydrogens (primary N) is 1. The SMILES string of the molecule is CN(CCCN)C(=O)CCN1CCCCCC1CO. The van der Waals surface area contributed by atoms with Crippen LogP contribution < -0.4 is 5.73 Å². The van der Waals surface area contributed by atoms with Crippen LogP contribution in [0.25, 0.3) is 0 Å². The highest BCUT2D eigenvalue weighted by atomic mass is 16.3. The molecule has 0 saturated carbocycles. The van der Waals surface area contributed by atoms with Crippen molar-refractivity contribution in [2.75, 3.05) is 39.8 Å². The van der Waals surface area contributed by atoms with Crippen LogP contribution >= 0.6 is 0 Å². The molecule has 0 aliphatic carbocycles. The molecule has 19 heavy (non-hydrogen) atoms. The first kappa shape index (κ1) is 16.4. The summed E-state index contributed by atoms with van der Waals surface area (Å²) < 4.78 is 0. The van der Waals surface area contributed by atoms with E-state index in [0.29, 0.717) is 13.0 Å². The van der Waals surface area contributed by atoms with Crippen LogP contribution in [0.3, 0.4) is 0 Å². The number of carbonyl (C=O) groups excluding carboxylic acids is 1. The van der Waals surface area contributed by atoms with Crippen molar-refractivity contribution < 1.29 is 9.90 Å². The molecular weight excluding hydrogens is 242 g/mol. The third kappa shape index (κ3) is 5.89. The number of aliphatic hydroxyl groups excluding tert-OH is 1. The first-order valence-electron chi connectivity index (χ1n) is 7.48. The van der Waals surface area contributed by atoms with Gasteiger partial charge in [-0.25, -0.2) is 0 Å². The van der Waals surface area contributed by atoms with Gasteiger partial charge in [-0.05, 0) is 32.4 Å². The minimum atomic E-state index is 0.175. The summed E-state index contributed by atoms with van der Waals surface area (Å²) in [7, 11) is 1.84. The summed E-state index contributed by atoms with van der Waals surface area (Å²) in [5, 5.41) is 9.43. The monoisotopic (exact) mass is 271 g/mol. The molecule has 1 unspecified atom stereocenters. The Morgan fingerprint density at radius 3 is 2.89 bits per heavy atom. The van der Waals surface area contributed by atoms with E-state index in [1.54, 1.807) is 4.90 Å². The third-order valence-corrected chi connectivity index (χ3v) is 3.95. The predicted octanol–water partition coefficient (Wildman–Crippen LogP) is 0.421. The van der Waals surface area contributed by atoms with Gasteiger partial charge in [0.25, 0.3) is 0 Å². The fraction of sp³-hybridized carbons (Fsp3) is 0.929. The summed E-state index contributed by atoms with van der Waals surface area (Å²) in [5.74, 6) is 0.175. The average Bonchev–Trinajstić information content (AvgIpc) is 2.66. The maximum atomic E-state index is 12.0. The molecule has 1 aliphatic heterocycles. The van der Waals surface area contributed by atoms with Crippen LogP contribution in [0.1, 0.15) is 38.5 Å². The van der Waals surface area contributed by atoms with E-state index >= 15 is 0 Å². The van der Waals surface area contributed by atoms with Gasteiger partial charge in [0.2, 0.25) is 5.91 Å². The number of carbonyl (C=O) groups is 1. The molecular formula is C14H29N3O2. The van der Waals surface area contributed by atoms with Crippen molar-refractivity contribution in [3.8, 4) is 0 Å². The fourth-order valence-corrected chi connectivity index (χ4v) is 2.62. The van der Waals surface area contributed by atoms with Crippen LogP contribution in [0.2, 0.25) is 0 Å². The predicted molar refractivity (Wildman–Crippen MR) is 76.8 cm³/mol. The van der Waals surface area contributed by atoms with E-state index in [9.17, 15) is 9.90 Å². The zero-order valence-electron chi connectivity index (χ0n) is 12.2. The number of rotatable bonds is 7. The smallest absolute Gasteiger partial charge is 0.223 e. The van der Waals surface area contributed by atoms with E-state index < -0.39 is 0 Å². The number of aliphatic hydroxyl groups is 1. The van der Waals surface area contributed by atoms with Crippen molar-refractivity contribution in [1.82, 2.24) is 9.80 Å². The van der Waals surface area contributed by atoms with Gasteiger partial charge in [-0.15, -0.1) is 0 Å². The fourth-order valence-electron chi connectivity index (χ4n) is 2.62. The molecule has 1 amide bonds. The molecule has 0 aromatic rings. The second-order valence-corrected chi connectivity index (χ2v) is 5.43. The highest BCUT2D eigenvalue weighted by molar-refractivity contribution is 5.76. The standard InChI is InChI=1S/C14H29N3O2/c1-16(9-5-8-15)14(19)7-11-17-10-4-2-3-6-13(17)12-18/h13,18H,2-12,15H2,1H3. The third-order valence-electron chi connectivity index (χ3n) is 3.95. The Morgan fingerprint density at radius 2 is 2.21 bits per heavy atom. The first-order valence-corrected chi connectivity index (χ1v) is 7.48. The molecule has 0 bridgehead atoms. The molecule has 1 heterocycles.